The summed E-state index contributed by atoms with van der Waals surface area (Å²) in [5, 5.41) is 13.3. The van der Waals surface area contributed by atoms with E-state index >= 15 is 0 Å². The molecule has 1 aliphatic rings. The van der Waals surface area contributed by atoms with Crippen LogP contribution in [0.2, 0.25) is 0 Å². The first-order valence-electron chi connectivity index (χ1n) is 12.0. The van der Waals surface area contributed by atoms with Crippen LogP contribution in [-0.4, -0.2) is 21.6 Å². The maximum Gasteiger partial charge on any atom is 0.305 e. The third-order valence-electron chi connectivity index (χ3n) is 7.13. The standard InChI is InChI=1S/C29H30N2O4/c1-18-4-7-23(19(2)16-18)27(25-9-5-20(3)35-25)30-28(34)29(12-13-29)22-6-8-24-21(17-22)10-14-31(24)15-11-26(32)33/h4-10,14,16-17,27H,11-13,15H2,1-3H3,(H,30,34)(H,32,33). The molecule has 1 amide bonds. The minimum absolute atomic E-state index is 0.00110. The van der Waals surface area contributed by atoms with Gasteiger partial charge < -0.3 is 19.4 Å². The maximum atomic E-state index is 13.8. The van der Waals surface area contributed by atoms with Crippen LogP contribution in [0.1, 0.15) is 59.1 Å². The van der Waals surface area contributed by atoms with Crippen LogP contribution in [0, 0.1) is 20.8 Å². The van der Waals surface area contributed by atoms with E-state index in [1.54, 1.807) is 0 Å². The molecule has 180 valence electrons. The highest BCUT2D eigenvalue weighted by atomic mass is 16.4. The van der Waals surface area contributed by atoms with Crippen molar-refractivity contribution in [2.75, 3.05) is 0 Å². The molecule has 1 saturated carbocycles. The van der Waals surface area contributed by atoms with Crippen molar-refractivity contribution >= 4 is 22.8 Å². The van der Waals surface area contributed by atoms with E-state index in [0.29, 0.717) is 6.54 Å². The number of hydrogen-bond donors (Lipinski definition) is 2. The molecule has 1 unspecified atom stereocenters. The predicted octanol–water partition coefficient (Wildman–Crippen LogP) is 5.57. The highest BCUT2D eigenvalue weighted by Crippen LogP contribution is 2.49. The molecule has 0 radical (unpaired) electrons. The lowest BCUT2D eigenvalue weighted by Gasteiger charge is -2.23. The van der Waals surface area contributed by atoms with Crippen molar-refractivity contribution in [1.29, 1.82) is 0 Å². The van der Waals surface area contributed by atoms with Crippen LogP contribution in [0.4, 0.5) is 0 Å². The molecule has 4 aromatic rings. The lowest BCUT2D eigenvalue weighted by Crippen LogP contribution is -2.38. The molecule has 2 N–H and O–H groups in total. The molecule has 2 heterocycles. The molecule has 1 aliphatic carbocycles. The molecule has 1 atom stereocenters. The Morgan fingerprint density at radius 2 is 1.86 bits per heavy atom. The van der Waals surface area contributed by atoms with Gasteiger partial charge in [0.15, 0.2) is 0 Å². The van der Waals surface area contributed by atoms with E-state index in [1.165, 1.54) is 5.56 Å². The van der Waals surface area contributed by atoms with Gasteiger partial charge in [0.1, 0.15) is 17.6 Å². The summed E-state index contributed by atoms with van der Waals surface area (Å²) >= 11 is 0. The van der Waals surface area contributed by atoms with E-state index < -0.39 is 11.4 Å². The van der Waals surface area contributed by atoms with Crippen molar-refractivity contribution in [3.8, 4) is 0 Å². The van der Waals surface area contributed by atoms with Crippen LogP contribution < -0.4 is 5.32 Å². The molecule has 1 fully saturated rings. The Bertz CT molecular complexity index is 1420. The fraction of sp³-hybridized carbons (Fsp3) is 0.310. The van der Waals surface area contributed by atoms with Gasteiger partial charge in [0.2, 0.25) is 5.91 Å². The van der Waals surface area contributed by atoms with Crippen molar-refractivity contribution in [2.24, 2.45) is 0 Å². The van der Waals surface area contributed by atoms with E-state index in [1.807, 2.05) is 48.0 Å². The summed E-state index contributed by atoms with van der Waals surface area (Å²) in [5.74, 6) is 0.718. The van der Waals surface area contributed by atoms with Crippen LogP contribution in [0.3, 0.4) is 0 Å². The number of nitrogens with one attached hydrogen (secondary N) is 1. The summed E-state index contributed by atoms with van der Waals surface area (Å²) in [7, 11) is 0. The molecule has 6 heteroatoms. The molecule has 0 saturated heterocycles. The Labute approximate surface area is 204 Å². The van der Waals surface area contributed by atoms with Crippen molar-refractivity contribution in [1.82, 2.24) is 9.88 Å². The SMILES string of the molecule is Cc1ccc(C(NC(=O)C2(c3ccc4c(ccn4CCC(=O)O)c3)CC2)c2ccc(C)o2)c(C)c1. The maximum absolute atomic E-state index is 13.8. The van der Waals surface area contributed by atoms with Crippen LogP contribution in [0.15, 0.2) is 65.2 Å². The largest absolute Gasteiger partial charge is 0.481 e. The molecular weight excluding hydrogens is 440 g/mol. The molecule has 0 aliphatic heterocycles. The molecule has 2 aromatic heterocycles. The van der Waals surface area contributed by atoms with Crippen LogP contribution >= 0.6 is 0 Å². The van der Waals surface area contributed by atoms with Gasteiger partial charge in [-0.1, -0.05) is 29.8 Å². The van der Waals surface area contributed by atoms with E-state index in [0.717, 1.165) is 52.0 Å². The van der Waals surface area contributed by atoms with Crippen molar-refractivity contribution in [3.63, 3.8) is 0 Å². The van der Waals surface area contributed by atoms with Gasteiger partial charge in [0.25, 0.3) is 0 Å². The summed E-state index contributed by atoms with van der Waals surface area (Å²) < 4.78 is 7.91. The number of carboxylic acids is 1. The zero-order valence-corrected chi connectivity index (χ0v) is 20.3. The fourth-order valence-electron chi connectivity index (χ4n) is 5.01. The normalized spacial score (nSPS) is 15.2. The van der Waals surface area contributed by atoms with Crippen LogP contribution in [0.5, 0.6) is 0 Å². The van der Waals surface area contributed by atoms with Gasteiger partial charge in [0.05, 0.1) is 11.8 Å². The van der Waals surface area contributed by atoms with E-state index in [-0.39, 0.29) is 18.4 Å². The van der Waals surface area contributed by atoms with Crippen molar-refractivity contribution in [3.05, 3.63) is 94.6 Å². The number of hydrogen-bond acceptors (Lipinski definition) is 3. The second-order valence-corrected chi connectivity index (χ2v) is 9.72. The summed E-state index contributed by atoms with van der Waals surface area (Å²) in [6, 6.07) is 17.8. The number of fused-ring (bicyclic) bond motifs is 1. The van der Waals surface area contributed by atoms with Gasteiger partial charge in [0, 0.05) is 18.3 Å². The summed E-state index contributed by atoms with van der Waals surface area (Å²) in [6.07, 6.45) is 3.57. The number of carbonyl (C=O) groups is 2. The number of aliphatic carboxylic acids is 1. The molecule has 5 rings (SSSR count). The summed E-state index contributed by atoms with van der Waals surface area (Å²) in [6.45, 7) is 6.45. The number of aryl methyl sites for hydroxylation is 4. The molecule has 2 aromatic carbocycles. The van der Waals surface area contributed by atoms with Gasteiger partial charge in [-0.25, -0.2) is 0 Å². The third kappa shape index (κ3) is 4.36. The Balaban J connectivity index is 1.44. The average molecular weight is 471 g/mol. The number of aromatic nitrogens is 1. The van der Waals surface area contributed by atoms with E-state index in [2.05, 4.69) is 43.4 Å². The number of nitrogens with zero attached hydrogens (tertiary/aromatic N) is 1. The second kappa shape index (κ2) is 8.77. The molecule has 6 nitrogen and oxygen atoms in total. The van der Waals surface area contributed by atoms with Gasteiger partial charge in [-0.2, -0.15) is 0 Å². The number of benzene rings is 2. The average Bonchev–Trinajstić information content (AvgIpc) is 3.37. The first kappa shape index (κ1) is 23.0. The van der Waals surface area contributed by atoms with Crippen LogP contribution in [0.25, 0.3) is 10.9 Å². The van der Waals surface area contributed by atoms with E-state index in [9.17, 15) is 9.59 Å². The zero-order valence-electron chi connectivity index (χ0n) is 20.3. The smallest absolute Gasteiger partial charge is 0.305 e. The topological polar surface area (TPSA) is 84.5 Å². The summed E-state index contributed by atoms with van der Waals surface area (Å²) in [5.41, 5.74) is 4.72. The molecule has 0 bridgehead atoms. The van der Waals surface area contributed by atoms with E-state index in [4.69, 9.17) is 9.52 Å². The first-order chi connectivity index (χ1) is 16.8. The quantitative estimate of drug-likeness (QED) is 0.353. The fourth-order valence-corrected chi connectivity index (χ4v) is 5.01. The Morgan fingerprint density at radius 1 is 1.06 bits per heavy atom. The lowest BCUT2D eigenvalue weighted by atomic mass is 9.92. The second-order valence-electron chi connectivity index (χ2n) is 9.72. The van der Waals surface area contributed by atoms with Gasteiger partial charge in [-0.15, -0.1) is 0 Å². The minimum Gasteiger partial charge on any atom is -0.481 e. The number of carbonyl (C=O) groups excluding carboxylic acids is 1. The molecule has 0 spiro atoms. The predicted molar refractivity (Wildman–Crippen MR) is 134 cm³/mol. The van der Waals surface area contributed by atoms with Crippen molar-refractivity contribution < 1.29 is 19.1 Å². The first-order valence-corrected chi connectivity index (χ1v) is 12.0. The Morgan fingerprint density at radius 3 is 2.51 bits per heavy atom. The zero-order chi connectivity index (χ0) is 24.7. The van der Waals surface area contributed by atoms with Crippen LogP contribution in [-0.2, 0) is 21.5 Å². The van der Waals surface area contributed by atoms with Crippen molar-refractivity contribution in [2.45, 2.75) is 58.0 Å². The minimum atomic E-state index is -0.817. The molecule has 35 heavy (non-hydrogen) atoms. The van der Waals surface area contributed by atoms with Gasteiger partial charge in [-0.05, 0) is 86.0 Å². The number of amides is 1. The lowest BCUT2D eigenvalue weighted by molar-refractivity contribution is -0.137. The molecular formula is C29H30N2O4. The number of furan rings is 1. The number of carboxylic acid groups (broad SMARTS) is 1. The Hall–Kier alpha value is -3.80. The number of rotatable bonds is 8. The van der Waals surface area contributed by atoms with Gasteiger partial charge in [-0.3, -0.25) is 9.59 Å². The third-order valence-corrected chi connectivity index (χ3v) is 7.13. The highest BCUT2D eigenvalue weighted by Gasteiger charge is 2.52. The summed E-state index contributed by atoms with van der Waals surface area (Å²) in [4.78, 5) is 24.7. The Kier molecular flexibility index (Phi) is 5.75. The highest BCUT2D eigenvalue weighted by molar-refractivity contribution is 5.93. The van der Waals surface area contributed by atoms with Gasteiger partial charge >= 0.3 is 5.97 Å². The monoisotopic (exact) mass is 470 g/mol.